The highest BCUT2D eigenvalue weighted by molar-refractivity contribution is 7.80. The smallest absolute Gasteiger partial charge is 0.344 e. The van der Waals surface area contributed by atoms with Crippen molar-refractivity contribution in [3.05, 3.63) is 119 Å². The summed E-state index contributed by atoms with van der Waals surface area (Å²) in [5.41, 5.74) is 2.77. The van der Waals surface area contributed by atoms with E-state index in [1.165, 1.54) is 6.08 Å². The van der Waals surface area contributed by atoms with Gasteiger partial charge in [-0.2, -0.15) is 0 Å². The summed E-state index contributed by atoms with van der Waals surface area (Å²) in [5.74, 6) is 0.856. The van der Waals surface area contributed by atoms with Gasteiger partial charge in [0.1, 0.15) is 17.1 Å². The Morgan fingerprint density at radius 2 is 1.58 bits per heavy atom. The molecule has 0 aliphatic heterocycles. The third kappa shape index (κ3) is 5.32. The SMILES string of the molecule is O=C(/C=C/c1ccc(-c2ccccc2)o1)NC(=S)Nc1cccc(-c2cc3ccccc3oc2=O)c1. The summed E-state index contributed by atoms with van der Waals surface area (Å²) in [6.45, 7) is 0. The highest BCUT2D eigenvalue weighted by Crippen LogP contribution is 2.24. The van der Waals surface area contributed by atoms with Gasteiger partial charge in [0.2, 0.25) is 5.91 Å². The van der Waals surface area contributed by atoms with Crippen molar-refractivity contribution in [3.8, 4) is 22.5 Å². The predicted molar refractivity (Wildman–Crippen MR) is 145 cm³/mol. The Morgan fingerprint density at radius 3 is 2.44 bits per heavy atom. The molecule has 2 N–H and O–H groups in total. The van der Waals surface area contributed by atoms with Gasteiger partial charge in [-0.25, -0.2) is 4.79 Å². The zero-order valence-corrected chi connectivity index (χ0v) is 19.8. The molecule has 3 aromatic carbocycles. The number of benzene rings is 3. The van der Waals surface area contributed by atoms with Crippen LogP contribution in [0.5, 0.6) is 0 Å². The lowest BCUT2D eigenvalue weighted by Gasteiger charge is -2.10. The van der Waals surface area contributed by atoms with Crippen molar-refractivity contribution in [1.29, 1.82) is 0 Å². The number of furan rings is 1. The lowest BCUT2D eigenvalue weighted by Crippen LogP contribution is -2.32. The van der Waals surface area contributed by atoms with E-state index in [1.807, 2.05) is 60.7 Å². The summed E-state index contributed by atoms with van der Waals surface area (Å²) in [6, 6.07) is 29.6. The Morgan fingerprint density at radius 1 is 0.806 bits per heavy atom. The van der Waals surface area contributed by atoms with Crippen LogP contribution >= 0.6 is 12.2 Å². The summed E-state index contributed by atoms with van der Waals surface area (Å²) in [5, 5.41) is 6.53. The summed E-state index contributed by atoms with van der Waals surface area (Å²) in [6.07, 6.45) is 2.92. The van der Waals surface area contributed by atoms with Gasteiger partial charge in [0, 0.05) is 22.7 Å². The van der Waals surface area contributed by atoms with Crippen LogP contribution in [0.15, 0.2) is 117 Å². The number of nitrogens with one attached hydrogen (secondary N) is 2. The molecular weight excluding hydrogens is 472 g/mol. The molecule has 5 aromatic rings. The minimum absolute atomic E-state index is 0.122. The van der Waals surface area contributed by atoms with Crippen molar-refractivity contribution < 1.29 is 13.6 Å². The molecule has 5 rings (SSSR count). The number of hydrogen-bond donors (Lipinski definition) is 2. The maximum absolute atomic E-state index is 12.5. The van der Waals surface area contributed by atoms with Crippen LogP contribution in [0.4, 0.5) is 5.69 Å². The molecule has 2 heterocycles. The van der Waals surface area contributed by atoms with Crippen LogP contribution in [-0.2, 0) is 4.79 Å². The molecule has 0 unspecified atom stereocenters. The first kappa shape index (κ1) is 23.0. The second kappa shape index (κ2) is 10.2. The van der Waals surface area contributed by atoms with Crippen molar-refractivity contribution in [2.45, 2.75) is 0 Å². The molecule has 0 aliphatic rings. The molecule has 36 heavy (non-hydrogen) atoms. The maximum Gasteiger partial charge on any atom is 0.344 e. The molecule has 176 valence electrons. The van der Waals surface area contributed by atoms with Gasteiger partial charge >= 0.3 is 5.63 Å². The quantitative estimate of drug-likeness (QED) is 0.171. The Kier molecular flexibility index (Phi) is 6.55. The number of thiocarbonyl (C=S) groups is 1. The number of anilines is 1. The fraction of sp³-hybridized carbons (Fsp3) is 0. The van der Waals surface area contributed by atoms with E-state index in [2.05, 4.69) is 10.6 Å². The van der Waals surface area contributed by atoms with Gasteiger partial charge in [0.25, 0.3) is 0 Å². The van der Waals surface area contributed by atoms with Crippen molar-refractivity contribution in [2.24, 2.45) is 0 Å². The highest BCUT2D eigenvalue weighted by atomic mass is 32.1. The van der Waals surface area contributed by atoms with Crippen LogP contribution in [0.2, 0.25) is 0 Å². The van der Waals surface area contributed by atoms with E-state index in [0.717, 1.165) is 10.9 Å². The van der Waals surface area contributed by atoms with Crippen LogP contribution in [0, 0.1) is 0 Å². The molecule has 0 aliphatic carbocycles. The fourth-order valence-corrected chi connectivity index (χ4v) is 3.92. The van der Waals surface area contributed by atoms with E-state index >= 15 is 0 Å². The lowest BCUT2D eigenvalue weighted by molar-refractivity contribution is -0.115. The van der Waals surface area contributed by atoms with E-state index in [0.29, 0.717) is 33.9 Å². The molecule has 0 saturated carbocycles. The van der Waals surface area contributed by atoms with Crippen molar-refractivity contribution >= 4 is 46.0 Å². The van der Waals surface area contributed by atoms with Gasteiger partial charge in [-0.1, -0.05) is 60.7 Å². The number of carbonyl (C=O) groups is 1. The first-order chi connectivity index (χ1) is 17.5. The van der Waals surface area contributed by atoms with Crippen molar-refractivity contribution in [2.75, 3.05) is 5.32 Å². The third-order valence-electron chi connectivity index (χ3n) is 5.39. The van der Waals surface area contributed by atoms with E-state index in [1.54, 1.807) is 42.5 Å². The summed E-state index contributed by atoms with van der Waals surface area (Å²) in [7, 11) is 0. The second-order valence-electron chi connectivity index (χ2n) is 7.91. The fourth-order valence-electron chi connectivity index (χ4n) is 3.70. The molecule has 0 radical (unpaired) electrons. The number of hydrogen-bond acceptors (Lipinski definition) is 5. The Bertz CT molecular complexity index is 1650. The maximum atomic E-state index is 12.5. The largest absolute Gasteiger partial charge is 0.457 e. The highest BCUT2D eigenvalue weighted by Gasteiger charge is 2.09. The first-order valence-corrected chi connectivity index (χ1v) is 11.5. The molecule has 0 bridgehead atoms. The second-order valence-corrected chi connectivity index (χ2v) is 8.32. The Balaban J connectivity index is 1.23. The van der Waals surface area contributed by atoms with E-state index in [4.69, 9.17) is 21.1 Å². The normalized spacial score (nSPS) is 11.0. The van der Waals surface area contributed by atoms with E-state index in [9.17, 15) is 9.59 Å². The topological polar surface area (TPSA) is 84.5 Å². The first-order valence-electron chi connectivity index (χ1n) is 11.1. The number of amides is 1. The van der Waals surface area contributed by atoms with Crippen LogP contribution in [0.1, 0.15) is 5.76 Å². The molecule has 7 heteroatoms. The Hall–Kier alpha value is -4.75. The van der Waals surface area contributed by atoms with Crippen molar-refractivity contribution in [3.63, 3.8) is 0 Å². The molecule has 6 nitrogen and oxygen atoms in total. The molecule has 0 saturated heterocycles. The minimum Gasteiger partial charge on any atom is -0.457 e. The number of para-hydroxylation sites is 1. The average molecular weight is 493 g/mol. The van der Waals surface area contributed by atoms with Gasteiger partial charge in [-0.05, 0) is 60.3 Å². The number of rotatable bonds is 5. The van der Waals surface area contributed by atoms with Gasteiger partial charge in [-0.3, -0.25) is 10.1 Å². The van der Waals surface area contributed by atoms with Crippen LogP contribution in [-0.4, -0.2) is 11.0 Å². The predicted octanol–water partition coefficient (Wildman–Crippen LogP) is 6.25. The van der Waals surface area contributed by atoms with Gasteiger partial charge in [0.15, 0.2) is 5.11 Å². The summed E-state index contributed by atoms with van der Waals surface area (Å²) in [4.78, 5) is 24.8. The van der Waals surface area contributed by atoms with E-state index in [-0.39, 0.29) is 5.11 Å². The minimum atomic E-state index is -0.430. The summed E-state index contributed by atoms with van der Waals surface area (Å²) >= 11 is 5.28. The number of carbonyl (C=O) groups excluding carboxylic acids is 1. The average Bonchev–Trinajstić information content (AvgIpc) is 3.37. The van der Waals surface area contributed by atoms with Gasteiger partial charge in [0.05, 0.1) is 5.56 Å². The van der Waals surface area contributed by atoms with Gasteiger partial charge < -0.3 is 14.2 Å². The number of fused-ring (bicyclic) bond motifs is 1. The lowest BCUT2D eigenvalue weighted by atomic mass is 10.1. The van der Waals surface area contributed by atoms with Crippen LogP contribution < -0.4 is 16.3 Å². The molecule has 0 spiro atoms. The van der Waals surface area contributed by atoms with Crippen molar-refractivity contribution in [1.82, 2.24) is 5.32 Å². The molecule has 1 amide bonds. The van der Waals surface area contributed by atoms with E-state index < -0.39 is 11.5 Å². The molecule has 0 fully saturated rings. The molecule has 0 atom stereocenters. The Labute approximate surface area is 211 Å². The standard InChI is InChI=1S/C29H20N2O4S/c32-27(16-14-23-13-15-26(34-23)19-7-2-1-3-8-19)31-29(36)30-22-11-6-10-20(17-22)24-18-21-9-4-5-12-25(21)35-28(24)33/h1-18H,(H2,30,31,32,36)/b16-14+. The van der Waals surface area contributed by atoms with Crippen LogP contribution in [0.3, 0.4) is 0 Å². The van der Waals surface area contributed by atoms with Gasteiger partial charge in [-0.15, -0.1) is 0 Å². The zero-order chi connectivity index (χ0) is 24.9. The molecule has 2 aromatic heterocycles. The zero-order valence-electron chi connectivity index (χ0n) is 18.9. The monoisotopic (exact) mass is 492 g/mol. The van der Waals surface area contributed by atoms with Crippen LogP contribution in [0.25, 0.3) is 39.5 Å². The third-order valence-corrected chi connectivity index (χ3v) is 5.60. The summed E-state index contributed by atoms with van der Waals surface area (Å²) < 4.78 is 11.2. The molecular formula is C29H20N2O4S.